The van der Waals surface area contributed by atoms with Gasteiger partial charge in [0.1, 0.15) is 11.5 Å². The number of nitrogens with one attached hydrogen (secondary N) is 3. The molecule has 0 spiro atoms. The number of rotatable bonds is 7. The minimum Gasteiger partial charge on any atom is -0.497 e. The third-order valence-electron chi connectivity index (χ3n) is 3.67. The Bertz CT molecular complexity index is 762. The van der Waals surface area contributed by atoms with Crippen molar-refractivity contribution in [3.8, 4) is 11.5 Å². The monoisotopic (exact) mass is 359 g/mol. The van der Waals surface area contributed by atoms with Crippen molar-refractivity contribution in [2.75, 3.05) is 26.1 Å². The van der Waals surface area contributed by atoms with Gasteiger partial charge in [0.05, 0.1) is 19.9 Å². The Morgan fingerprint density at radius 3 is 2.38 bits per heavy atom. The number of carbonyl (C=O) groups is 2. The van der Waals surface area contributed by atoms with Gasteiger partial charge in [-0.3, -0.25) is 10.0 Å². The summed E-state index contributed by atoms with van der Waals surface area (Å²) in [6, 6.07) is 11.5. The van der Waals surface area contributed by atoms with E-state index in [0.717, 1.165) is 5.56 Å². The zero-order chi connectivity index (χ0) is 18.9. The number of hydrogen-bond donors (Lipinski definition) is 4. The summed E-state index contributed by atoms with van der Waals surface area (Å²) in [5.74, 6) is 0.561. The quantitative estimate of drug-likeness (QED) is 0.448. The summed E-state index contributed by atoms with van der Waals surface area (Å²) in [6.07, 6.45) is 0.591. The second kappa shape index (κ2) is 9.28. The van der Waals surface area contributed by atoms with Crippen LogP contribution in [0.3, 0.4) is 0 Å². The molecule has 8 nitrogen and oxygen atoms in total. The smallest absolute Gasteiger partial charge is 0.319 e. The third kappa shape index (κ3) is 5.12. The number of benzene rings is 2. The lowest BCUT2D eigenvalue weighted by molar-refractivity contribution is 0.0706. The second-order valence-electron chi connectivity index (χ2n) is 5.33. The summed E-state index contributed by atoms with van der Waals surface area (Å²) in [5.41, 5.74) is 3.41. The highest BCUT2D eigenvalue weighted by molar-refractivity contribution is 5.93. The van der Waals surface area contributed by atoms with Crippen molar-refractivity contribution in [3.63, 3.8) is 0 Å². The van der Waals surface area contributed by atoms with Gasteiger partial charge in [-0.05, 0) is 36.2 Å². The largest absolute Gasteiger partial charge is 0.497 e. The molecule has 0 heterocycles. The van der Waals surface area contributed by atoms with Crippen LogP contribution in [0.4, 0.5) is 10.5 Å². The molecule has 0 aliphatic heterocycles. The first-order valence-electron chi connectivity index (χ1n) is 7.87. The van der Waals surface area contributed by atoms with Crippen molar-refractivity contribution in [1.82, 2.24) is 10.8 Å². The fraction of sp³-hybridized carbons (Fsp3) is 0.222. The van der Waals surface area contributed by atoms with Crippen LogP contribution < -0.4 is 25.6 Å². The van der Waals surface area contributed by atoms with E-state index in [4.69, 9.17) is 14.7 Å². The molecule has 0 aliphatic rings. The summed E-state index contributed by atoms with van der Waals surface area (Å²) >= 11 is 0. The Balaban J connectivity index is 1.84. The van der Waals surface area contributed by atoms with Crippen LogP contribution in [0, 0.1) is 0 Å². The first-order chi connectivity index (χ1) is 12.6. The summed E-state index contributed by atoms with van der Waals surface area (Å²) in [7, 11) is 3.07. The number of ether oxygens (including phenoxy) is 2. The maximum Gasteiger partial charge on any atom is 0.319 e. The molecule has 0 aliphatic carbocycles. The maximum atomic E-state index is 12.0. The highest BCUT2D eigenvalue weighted by atomic mass is 16.5. The van der Waals surface area contributed by atoms with Crippen molar-refractivity contribution in [1.29, 1.82) is 0 Å². The van der Waals surface area contributed by atoms with Crippen LogP contribution in [0.15, 0.2) is 42.5 Å². The Labute approximate surface area is 151 Å². The van der Waals surface area contributed by atoms with Gasteiger partial charge in [-0.2, -0.15) is 0 Å². The normalized spacial score (nSPS) is 9.96. The van der Waals surface area contributed by atoms with E-state index in [0.29, 0.717) is 35.7 Å². The number of anilines is 1. The van der Waals surface area contributed by atoms with E-state index in [9.17, 15) is 9.59 Å². The average molecular weight is 359 g/mol. The van der Waals surface area contributed by atoms with Crippen molar-refractivity contribution in [3.05, 3.63) is 53.6 Å². The van der Waals surface area contributed by atoms with E-state index < -0.39 is 5.91 Å². The minimum atomic E-state index is -0.567. The Hall–Kier alpha value is -3.26. The molecule has 0 atom stereocenters. The summed E-state index contributed by atoms with van der Waals surface area (Å²) in [4.78, 5) is 23.3. The van der Waals surface area contributed by atoms with Gasteiger partial charge in [0.2, 0.25) is 0 Å². The molecule has 8 heteroatoms. The highest BCUT2D eigenvalue weighted by Gasteiger charge is 2.09. The standard InChI is InChI=1S/C18H21N3O5/c1-25-14-7-8-15(16(11-14)26-2)20-18(23)19-10-9-12-3-5-13(6-4-12)17(22)21-24/h3-8,11,24H,9-10H2,1-2H3,(H,21,22)(H2,19,20,23). The minimum absolute atomic E-state index is 0.355. The van der Waals surface area contributed by atoms with Gasteiger partial charge in [0.15, 0.2) is 0 Å². The molecule has 26 heavy (non-hydrogen) atoms. The van der Waals surface area contributed by atoms with Crippen LogP contribution in [-0.4, -0.2) is 37.9 Å². The topological polar surface area (TPSA) is 109 Å². The van der Waals surface area contributed by atoms with Crippen molar-refractivity contribution >= 4 is 17.6 Å². The van der Waals surface area contributed by atoms with Crippen LogP contribution in [0.5, 0.6) is 11.5 Å². The van der Waals surface area contributed by atoms with E-state index >= 15 is 0 Å². The fourth-order valence-corrected chi connectivity index (χ4v) is 2.28. The number of urea groups is 1. The van der Waals surface area contributed by atoms with E-state index in [1.54, 1.807) is 55.1 Å². The number of hydrogen-bond acceptors (Lipinski definition) is 5. The molecule has 138 valence electrons. The van der Waals surface area contributed by atoms with Gasteiger partial charge >= 0.3 is 6.03 Å². The van der Waals surface area contributed by atoms with E-state index in [1.165, 1.54) is 7.11 Å². The summed E-state index contributed by atoms with van der Waals surface area (Å²) in [6.45, 7) is 0.413. The van der Waals surface area contributed by atoms with Crippen LogP contribution in [0.25, 0.3) is 0 Å². The van der Waals surface area contributed by atoms with Crippen molar-refractivity contribution in [2.24, 2.45) is 0 Å². The number of hydroxylamine groups is 1. The molecule has 0 aromatic heterocycles. The second-order valence-corrected chi connectivity index (χ2v) is 5.33. The average Bonchev–Trinajstić information content (AvgIpc) is 2.68. The predicted molar refractivity (Wildman–Crippen MR) is 96.0 cm³/mol. The van der Waals surface area contributed by atoms with Gasteiger partial charge in [-0.25, -0.2) is 10.3 Å². The Morgan fingerprint density at radius 1 is 1.04 bits per heavy atom. The zero-order valence-electron chi connectivity index (χ0n) is 14.5. The van der Waals surface area contributed by atoms with Crippen molar-refractivity contribution < 1.29 is 24.3 Å². The first kappa shape index (κ1) is 19.1. The zero-order valence-corrected chi connectivity index (χ0v) is 14.5. The molecular formula is C18H21N3O5. The van der Waals surface area contributed by atoms with E-state index in [-0.39, 0.29) is 6.03 Å². The van der Waals surface area contributed by atoms with Crippen LogP contribution in [0.2, 0.25) is 0 Å². The molecule has 0 bridgehead atoms. The van der Waals surface area contributed by atoms with Gasteiger partial charge in [0.25, 0.3) is 5.91 Å². The number of amides is 3. The Morgan fingerprint density at radius 2 is 1.77 bits per heavy atom. The molecule has 0 unspecified atom stereocenters. The van der Waals surface area contributed by atoms with Crippen LogP contribution in [0.1, 0.15) is 15.9 Å². The molecule has 0 saturated heterocycles. The van der Waals surface area contributed by atoms with Gasteiger partial charge in [-0.15, -0.1) is 0 Å². The van der Waals surface area contributed by atoms with Gasteiger partial charge in [0, 0.05) is 18.2 Å². The molecular weight excluding hydrogens is 338 g/mol. The predicted octanol–water partition coefficient (Wildman–Crippen LogP) is 2.19. The van der Waals surface area contributed by atoms with Gasteiger partial charge in [-0.1, -0.05) is 12.1 Å². The van der Waals surface area contributed by atoms with E-state index in [1.807, 2.05) is 0 Å². The lowest BCUT2D eigenvalue weighted by Crippen LogP contribution is -2.30. The molecule has 0 fully saturated rings. The molecule has 0 saturated carbocycles. The number of carbonyl (C=O) groups excluding carboxylic acids is 2. The first-order valence-corrected chi connectivity index (χ1v) is 7.87. The maximum absolute atomic E-state index is 12.0. The highest BCUT2D eigenvalue weighted by Crippen LogP contribution is 2.28. The molecule has 2 aromatic rings. The SMILES string of the molecule is COc1ccc(NC(=O)NCCc2ccc(C(=O)NO)cc2)c(OC)c1. The molecule has 2 rings (SSSR count). The summed E-state index contributed by atoms with van der Waals surface area (Å²) < 4.78 is 10.3. The lowest BCUT2D eigenvalue weighted by Gasteiger charge is -2.12. The molecule has 3 amide bonds. The lowest BCUT2D eigenvalue weighted by atomic mass is 10.1. The Kier molecular flexibility index (Phi) is 6.81. The van der Waals surface area contributed by atoms with Crippen molar-refractivity contribution in [2.45, 2.75) is 6.42 Å². The number of methoxy groups -OCH3 is 2. The third-order valence-corrected chi connectivity index (χ3v) is 3.67. The summed E-state index contributed by atoms with van der Waals surface area (Å²) in [5, 5.41) is 14.0. The molecule has 4 N–H and O–H groups in total. The van der Waals surface area contributed by atoms with Gasteiger partial charge < -0.3 is 20.1 Å². The molecule has 2 aromatic carbocycles. The van der Waals surface area contributed by atoms with Crippen LogP contribution in [-0.2, 0) is 6.42 Å². The van der Waals surface area contributed by atoms with E-state index in [2.05, 4.69) is 10.6 Å². The fourth-order valence-electron chi connectivity index (χ4n) is 2.28. The molecule has 0 radical (unpaired) electrons. The van der Waals surface area contributed by atoms with Crippen LogP contribution >= 0.6 is 0 Å².